The fourth-order valence-electron chi connectivity index (χ4n) is 0.801. The highest BCUT2D eigenvalue weighted by atomic mass is 35.5. The molecule has 0 unspecified atom stereocenters. The minimum absolute atomic E-state index is 0.477. The first-order valence-electron chi connectivity index (χ1n) is 2.80. The molecular formula is C6H4ClN3. The molecule has 10 heavy (non-hydrogen) atoms. The van der Waals surface area contributed by atoms with E-state index in [9.17, 15) is 0 Å². The SMILES string of the molecule is Clc1cn2ccnc2cn1. The maximum absolute atomic E-state index is 5.62. The summed E-state index contributed by atoms with van der Waals surface area (Å²) in [5.41, 5.74) is 0.810. The molecule has 0 amide bonds. The van der Waals surface area contributed by atoms with Gasteiger partial charge in [0.25, 0.3) is 0 Å². The van der Waals surface area contributed by atoms with E-state index in [1.165, 1.54) is 0 Å². The van der Waals surface area contributed by atoms with Crippen LogP contribution in [0.2, 0.25) is 5.15 Å². The summed E-state index contributed by atoms with van der Waals surface area (Å²) in [7, 11) is 0. The van der Waals surface area contributed by atoms with Gasteiger partial charge in [-0.3, -0.25) is 0 Å². The summed E-state index contributed by atoms with van der Waals surface area (Å²) in [6.45, 7) is 0. The van der Waals surface area contributed by atoms with E-state index < -0.39 is 0 Å². The lowest BCUT2D eigenvalue weighted by atomic mass is 10.7. The lowest BCUT2D eigenvalue weighted by Gasteiger charge is -1.90. The molecule has 0 aliphatic heterocycles. The van der Waals surface area contributed by atoms with Crippen molar-refractivity contribution in [1.82, 2.24) is 14.4 Å². The zero-order valence-electron chi connectivity index (χ0n) is 5.03. The van der Waals surface area contributed by atoms with E-state index in [4.69, 9.17) is 11.6 Å². The van der Waals surface area contributed by atoms with Crippen molar-refractivity contribution >= 4 is 17.2 Å². The molecule has 2 rings (SSSR count). The van der Waals surface area contributed by atoms with Crippen molar-refractivity contribution in [2.24, 2.45) is 0 Å². The molecule has 0 aliphatic rings. The van der Waals surface area contributed by atoms with Crippen molar-refractivity contribution < 1.29 is 0 Å². The molecule has 0 radical (unpaired) electrons. The normalized spacial score (nSPS) is 10.5. The highest BCUT2D eigenvalue weighted by Crippen LogP contribution is 2.04. The second-order valence-electron chi connectivity index (χ2n) is 1.90. The monoisotopic (exact) mass is 153 g/mol. The molecule has 2 aromatic rings. The number of imidazole rings is 1. The summed E-state index contributed by atoms with van der Waals surface area (Å²) in [4.78, 5) is 7.86. The summed E-state index contributed by atoms with van der Waals surface area (Å²) in [6, 6.07) is 0. The van der Waals surface area contributed by atoms with Gasteiger partial charge in [0.05, 0.1) is 6.20 Å². The number of rotatable bonds is 0. The Labute approximate surface area is 62.3 Å². The zero-order valence-corrected chi connectivity index (χ0v) is 5.78. The van der Waals surface area contributed by atoms with Gasteiger partial charge in [-0.05, 0) is 0 Å². The van der Waals surface area contributed by atoms with Crippen LogP contribution in [0.25, 0.3) is 5.65 Å². The molecule has 0 bridgehead atoms. The van der Waals surface area contributed by atoms with E-state index in [2.05, 4.69) is 9.97 Å². The van der Waals surface area contributed by atoms with Crippen LogP contribution in [0, 0.1) is 0 Å². The fraction of sp³-hybridized carbons (Fsp3) is 0. The van der Waals surface area contributed by atoms with Crippen molar-refractivity contribution in [3.8, 4) is 0 Å². The Morgan fingerprint density at radius 3 is 3.20 bits per heavy atom. The standard InChI is InChI=1S/C6H4ClN3/c7-5-4-10-2-1-8-6(10)3-9-5/h1-4H. The number of hydrogen-bond donors (Lipinski definition) is 0. The Bertz CT molecular complexity index is 355. The van der Waals surface area contributed by atoms with Crippen LogP contribution in [-0.4, -0.2) is 14.4 Å². The molecule has 0 saturated carbocycles. The largest absolute Gasteiger partial charge is 0.303 e. The summed E-state index contributed by atoms with van der Waals surface area (Å²) in [5, 5.41) is 0.477. The highest BCUT2D eigenvalue weighted by Gasteiger charge is 1.92. The second-order valence-corrected chi connectivity index (χ2v) is 2.29. The van der Waals surface area contributed by atoms with Crippen molar-refractivity contribution in [2.75, 3.05) is 0 Å². The smallest absolute Gasteiger partial charge is 0.155 e. The van der Waals surface area contributed by atoms with Crippen LogP contribution in [-0.2, 0) is 0 Å². The van der Waals surface area contributed by atoms with Gasteiger partial charge in [-0.1, -0.05) is 11.6 Å². The van der Waals surface area contributed by atoms with Gasteiger partial charge in [-0.2, -0.15) is 0 Å². The van der Waals surface area contributed by atoms with Crippen LogP contribution in [0.15, 0.2) is 24.8 Å². The van der Waals surface area contributed by atoms with Gasteiger partial charge in [0.15, 0.2) is 5.65 Å². The van der Waals surface area contributed by atoms with Gasteiger partial charge in [-0.15, -0.1) is 0 Å². The predicted molar refractivity (Wildman–Crippen MR) is 38.0 cm³/mol. The van der Waals surface area contributed by atoms with E-state index in [-0.39, 0.29) is 0 Å². The third-order valence-electron chi connectivity index (χ3n) is 1.25. The average molecular weight is 154 g/mol. The van der Waals surface area contributed by atoms with Gasteiger partial charge >= 0.3 is 0 Å². The molecule has 0 saturated heterocycles. The minimum Gasteiger partial charge on any atom is -0.303 e. The van der Waals surface area contributed by atoms with Crippen LogP contribution in [0.5, 0.6) is 0 Å². The summed E-state index contributed by atoms with van der Waals surface area (Å²) in [6.07, 6.45) is 6.86. The van der Waals surface area contributed by atoms with Crippen molar-refractivity contribution in [3.63, 3.8) is 0 Å². The molecule has 0 aliphatic carbocycles. The van der Waals surface area contributed by atoms with Crippen LogP contribution in [0.3, 0.4) is 0 Å². The number of hydrogen-bond acceptors (Lipinski definition) is 2. The van der Waals surface area contributed by atoms with Gasteiger partial charge in [-0.25, -0.2) is 9.97 Å². The number of halogens is 1. The molecule has 0 aromatic carbocycles. The molecule has 0 atom stereocenters. The Morgan fingerprint density at radius 1 is 1.40 bits per heavy atom. The number of fused-ring (bicyclic) bond motifs is 1. The maximum atomic E-state index is 5.62. The summed E-state index contributed by atoms with van der Waals surface area (Å²) in [5.74, 6) is 0. The van der Waals surface area contributed by atoms with Crippen molar-refractivity contribution in [2.45, 2.75) is 0 Å². The Morgan fingerprint density at radius 2 is 2.30 bits per heavy atom. The molecular weight excluding hydrogens is 150 g/mol. The topological polar surface area (TPSA) is 30.2 Å². The van der Waals surface area contributed by atoms with Gasteiger partial charge in [0.1, 0.15) is 5.15 Å². The van der Waals surface area contributed by atoms with Gasteiger partial charge in [0.2, 0.25) is 0 Å². The van der Waals surface area contributed by atoms with Gasteiger partial charge < -0.3 is 4.40 Å². The lowest BCUT2D eigenvalue weighted by Crippen LogP contribution is -1.84. The van der Waals surface area contributed by atoms with E-state index in [0.717, 1.165) is 5.65 Å². The molecule has 4 heteroatoms. The minimum atomic E-state index is 0.477. The Balaban J connectivity index is 2.86. The molecule has 50 valence electrons. The number of aromatic nitrogens is 3. The van der Waals surface area contributed by atoms with Crippen LogP contribution < -0.4 is 0 Å². The molecule has 0 fully saturated rings. The molecule has 2 heterocycles. The Hall–Kier alpha value is -1.09. The number of nitrogens with zero attached hydrogens (tertiary/aromatic N) is 3. The second kappa shape index (κ2) is 1.95. The molecule has 0 N–H and O–H groups in total. The van der Waals surface area contributed by atoms with E-state index >= 15 is 0 Å². The van der Waals surface area contributed by atoms with Crippen molar-refractivity contribution in [3.05, 3.63) is 29.9 Å². The van der Waals surface area contributed by atoms with E-state index in [1.807, 2.05) is 10.6 Å². The van der Waals surface area contributed by atoms with E-state index in [1.54, 1.807) is 18.6 Å². The average Bonchev–Trinajstić information content (AvgIpc) is 2.33. The van der Waals surface area contributed by atoms with Crippen LogP contribution >= 0.6 is 11.6 Å². The van der Waals surface area contributed by atoms with E-state index in [0.29, 0.717) is 5.15 Å². The van der Waals surface area contributed by atoms with Crippen LogP contribution in [0.4, 0.5) is 0 Å². The predicted octanol–water partition coefficient (Wildman–Crippen LogP) is 1.38. The maximum Gasteiger partial charge on any atom is 0.155 e. The Kier molecular flexibility index (Phi) is 1.11. The summed E-state index contributed by atoms with van der Waals surface area (Å²) >= 11 is 5.62. The highest BCUT2D eigenvalue weighted by molar-refractivity contribution is 6.29. The third-order valence-corrected chi connectivity index (χ3v) is 1.44. The first kappa shape index (κ1) is 5.68. The quantitative estimate of drug-likeness (QED) is 0.573. The van der Waals surface area contributed by atoms with Crippen LogP contribution in [0.1, 0.15) is 0 Å². The molecule has 2 aromatic heterocycles. The zero-order chi connectivity index (χ0) is 6.97. The first-order chi connectivity index (χ1) is 4.86. The summed E-state index contributed by atoms with van der Waals surface area (Å²) < 4.78 is 1.81. The van der Waals surface area contributed by atoms with Crippen molar-refractivity contribution in [1.29, 1.82) is 0 Å². The fourth-order valence-corrected chi connectivity index (χ4v) is 0.955. The first-order valence-corrected chi connectivity index (χ1v) is 3.18. The lowest BCUT2D eigenvalue weighted by molar-refractivity contribution is 1.13. The third kappa shape index (κ3) is 0.752. The molecule has 0 spiro atoms. The molecule has 3 nitrogen and oxygen atoms in total. The van der Waals surface area contributed by atoms with Gasteiger partial charge in [0, 0.05) is 18.6 Å².